The highest BCUT2D eigenvalue weighted by molar-refractivity contribution is 6.30. The third-order valence-corrected chi connectivity index (χ3v) is 5.40. The summed E-state index contributed by atoms with van der Waals surface area (Å²) in [6.07, 6.45) is 6.43. The topological polar surface area (TPSA) is 60.2 Å². The van der Waals surface area contributed by atoms with Crippen molar-refractivity contribution in [3.8, 4) is 5.75 Å². The maximum Gasteiger partial charge on any atom is 0.261 e. The molecule has 0 radical (unpaired) electrons. The van der Waals surface area contributed by atoms with Crippen LogP contribution in [0.5, 0.6) is 5.75 Å². The standard InChI is InChI=1S/C19H23ClN4O2/c20-14-6-4-7-15(12-14)26-13-18(25)23-11-5-8-16(23)19-22-21-17-9-2-1-3-10-24(17)19/h4,6-7,12,16H,1-3,5,8-11,13H2/t16-/m1/s1. The predicted molar refractivity (Wildman–Crippen MR) is 98.2 cm³/mol. The highest BCUT2D eigenvalue weighted by Crippen LogP contribution is 2.32. The van der Waals surface area contributed by atoms with E-state index in [0.717, 1.165) is 50.4 Å². The summed E-state index contributed by atoms with van der Waals surface area (Å²) in [5.41, 5.74) is 0. The van der Waals surface area contributed by atoms with E-state index in [9.17, 15) is 4.79 Å². The van der Waals surface area contributed by atoms with Crippen molar-refractivity contribution in [1.82, 2.24) is 19.7 Å². The summed E-state index contributed by atoms with van der Waals surface area (Å²) in [6, 6.07) is 7.12. The van der Waals surface area contributed by atoms with Crippen molar-refractivity contribution in [2.24, 2.45) is 0 Å². The molecule has 138 valence electrons. The minimum Gasteiger partial charge on any atom is -0.484 e. The molecule has 2 aromatic rings. The number of hydrogen-bond donors (Lipinski definition) is 0. The van der Waals surface area contributed by atoms with Gasteiger partial charge in [0.05, 0.1) is 6.04 Å². The van der Waals surface area contributed by atoms with Crippen LogP contribution in [-0.2, 0) is 17.8 Å². The normalized spacial score (nSPS) is 19.9. The Morgan fingerprint density at radius 3 is 3.00 bits per heavy atom. The SMILES string of the molecule is O=C(COc1cccc(Cl)c1)N1CCC[C@@H]1c1nnc2n1CCCCC2. The molecule has 1 aromatic carbocycles. The molecule has 4 rings (SSSR count). The molecule has 1 aromatic heterocycles. The average Bonchev–Trinajstić information content (AvgIpc) is 3.21. The molecule has 0 spiro atoms. The molecule has 0 N–H and O–H groups in total. The second-order valence-electron chi connectivity index (χ2n) is 6.93. The summed E-state index contributed by atoms with van der Waals surface area (Å²) in [4.78, 5) is 14.7. The third kappa shape index (κ3) is 3.56. The number of benzene rings is 1. The van der Waals surface area contributed by atoms with Crippen molar-refractivity contribution in [2.75, 3.05) is 13.2 Å². The van der Waals surface area contributed by atoms with Gasteiger partial charge in [-0.25, -0.2) is 0 Å². The zero-order chi connectivity index (χ0) is 17.9. The van der Waals surface area contributed by atoms with Crippen molar-refractivity contribution >= 4 is 17.5 Å². The lowest BCUT2D eigenvalue weighted by atomic mass is 10.2. The Balaban J connectivity index is 1.46. The van der Waals surface area contributed by atoms with Crippen molar-refractivity contribution < 1.29 is 9.53 Å². The van der Waals surface area contributed by atoms with E-state index in [2.05, 4.69) is 14.8 Å². The van der Waals surface area contributed by atoms with Gasteiger partial charge in [0.15, 0.2) is 12.4 Å². The number of carbonyl (C=O) groups is 1. The number of nitrogens with zero attached hydrogens (tertiary/aromatic N) is 4. The van der Waals surface area contributed by atoms with Crippen molar-refractivity contribution in [3.63, 3.8) is 0 Å². The molecule has 3 heterocycles. The number of ether oxygens (including phenoxy) is 1. The fourth-order valence-electron chi connectivity index (χ4n) is 3.87. The van der Waals surface area contributed by atoms with Crippen LogP contribution in [-0.4, -0.2) is 38.7 Å². The number of rotatable bonds is 4. The maximum atomic E-state index is 12.8. The van der Waals surface area contributed by atoms with Crippen LogP contribution >= 0.6 is 11.6 Å². The summed E-state index contributed by atoms with van der Waals surface area (Å²) >= 11 is 5.97. The Bertz CT molecular complexity index is 792. The second-order valence-corrected chi connectivity index (χ2v) is 7.36. The zero-order valence-corrected chi connectivity index (χ0v) is 15.5. The van der Waals surface area contributed by atoms with Gasteiger partial charge in [-0.15, -0.1) is 10.2 Å². The van der Waals surface area contributed by atoms with Gasteiger partial charge >= 0.3 is 0 Å². The highest BCUT2D eigenvalue weighted by atomic mass is 35.5. The molecule has 1 saturated heterocycles. The van der Waals surface area contributed by atoms with Gasteiger partial charge in [-0.2, -0.15) is 0 Å². The number of amides is 1. The summed E-state index contributed by atoms with van der Waals surface area (Å²) in [6.45, 7) is 1.71. The first-order valence-corrected chi connectivity index (χ1v) is 9.70. The van der Waals surface area contributed by atoms with Crippen molar-refractivity contribution in [3.05, 3.63) is 40.9 Å². The molecule has 26 heavy (non-hydrogen) atoms. The lowest BCUT2D eigenvalue weighted by Gasteiger charge is -2.24. The lowest BCUT2D eigenvalue weighted by Crippen LogP contribution is -2.35. The van der Waals surface area contributed by atoms with Gasteiger partial charge < -0.3 is 14.2 Å². The zero-order valence-electron chi connectivity index (χ0n) is 14.7. The lowest BCUT2D eigenvalue weighted by molar-refractivity contribution is -0.134. The van der Waals surface area contributed by atoms with Crippen LogP contribution < -0.4 is 4.74 Å². The molecule has 0 bridgehead atoms. The van der Waals surface area contributed by atoms with Crippen LogP contribution in [0.25, 0.3) is 0 Å². The number of carbonyl (C=O) groups excluding carboxylic acids is 1. The number of likely N-dealkylation sites (tertiary alicyclic amines) is 1. The fourth-order valence-corrected chi connectivity index (χ4v) is 4.05. The van der Waals surface area contributed by atoms with E-state index < -0.39 is 0 Å². The molecule has 2 aliphatic rings. The minimum atomic E-state index is -0.0153. The third-order valence-electron chi connectivity index (χ3n) is 5.17. The van der Waals surface area contributed by atoms with Gasteiger partial charge in [0, 0.05) is 24.5 Å². The Labute approximate surface area is 158 Å². The molecule has 1 amide bonds. The van der Waals surface area contributed by atoms with Crippen LogP contribution in [0.3, 0.4) is 0 Å². The van der Waals surface area contributed by atoms with Gasteiger partial charge in [-0.3, -0.25) is 4.79 Å². The van der Waals surface area contributed by atoms with Crippen LogP contribution in [0, 0.1) is 0 Å². The molecular weight excluding hydrogens is 352 g/mol. The second kappa shape index (κ2) is 7.66. The number of halogens is 1. The first kappa shape index (κ1) is 17.3. The molecule has 0 saturated carbocycles. The summed E-state index contributed by atoms with van der Waals surface area (Å²) < 4.78 is 7.88. The molecule has 0 aliphatic carbocycles. The molecule has 7 heteroatoms. The monoisotopic (exact) mass is 374 g/mol. The Morgan fingerprint density at radius 2 is 2.12 bits per heavy atom. The molecule has 2 aliphatic heterocycles. The maximum absolute atomic E-state index is 12.8. The summed E-state index contributed by atoms with van der Waals surface area (Å²) in [5, 5.41) is 9.43. The largest absolute Gasteiger partial charge is 0.484 e. The predicted octanol–water partition coefficient (Wildman–Crippen LogP) is 3.40. The van der Waals surface area contributed by atoms with Crippen LogP contribution in [0.15, 0.2) is 24.3 Å². The van der Waals surface area contributed by atoms with Gasteiger partial charge in [0.1, 0.15) is 11.6 Å². The molecule has 1 fully saturated rings. The van der Waals surface area contributed by atoms with Crippen molar-refractivity contribution in [1.29, 1.82) is 0 Å². The summed E-state index contributed by atoms with van der Waals surface area (Å²) in [7, 11) is 0. The first-order chi connectivity index (χ1) is 12.7. The first-order valence-electron chi connectivity index (χ1n) is 9.32. The minimum absolute atomic E-state index is 0.00445. The van der Waals surface area contributed by atoms with Gasteiger partial charge in [-0.05, 0) is 43.9 Å². The number of aryl methyl sites for hydroxylation is 1. The smallest absolute Gasteiger partial charge is 0.261 e. The highest BCUT2D eigenvalue weighted by Gasteiger charge is 2.34. The summed E-state index contributed by atoms with van der Waals surface area (Å²) in [5.74, 6) is 2.60. The van der Waals surface area contributed by atoms with E-state index in [-0.39, 0.29) is 18.6 Å². The number of fused-ring (bicyclic) bond motifs is 1. The molecule has 6 nitrogen and oxygen atoms in total. The van der Waals surface area contributed by atoms with E-state index >= 15 is 0 Å². The van der Waals surface area contributed by atoms with Crippen LogP contribution in [0.1, 0.15) is 49.8 Å². The van der Waals surface area contributed by atoms with E-state index in [0.29, 0.717) is 10.8 Å². The van der Waals surface area contributed by atoms with Crippen molar-refractivity contribution in [2.45, 2.75) is 51.1 Å². The van der Waals surface area contributed by atoms with E-state index in [1.807, 2.05) is 11.0 Å². The van der Waals surface area contributed by atoms with Crippen LogP contribution in [0.2, 0.25) is 5.02 Å². The van der Waals surface area contributed by atoms with E-state index in [1.54, 1.807) is 18.2 Å². The van der Waals surface area contributed by atoms with Crippen LogP contribution in [0.4, 0.5) is 0 Å². The van der Waals surface area contributed by atoms with Gasteiger partial charge in [-0.1, -0.05) is 24.1 Å². The quantitative estimate of drug-likeness (QED) is 0.822. The molecule has 1 atom stereocenters. The average molecular weight is 375 g/mol. The number of aromatic nitrogens is 3. The fraction of sp³-hybridized carbons (Fsp3) is 0.526. The molecular formula is C19H23ClN4O2. The van der Waals surface area contributed by atoms with E-state index in [4.69, 9.17) is 16.3 Å². The van der Waals surface area contributed by atoms with Gasteiger partial charge in [0.25, 0.3) is 5.91 Å². The molecule has 0 unspecified atom stereocenters. The Hall–Kier alpha value is -2.08. The Kier molecular flexibility index (Phi) is 5.11. The Morgan fingerprint density at radius 1 is 1.19 bits per heavy atom. The van der Waals surface area contributed by atoms with E-state index in [1.165, 1.54) is 12.8 Å². The van der Waals surface area contributed by atoms with Gasteiger partial charge in [0.2, 0.25) is 0 Å². The number of hydrogen-bond acceptors (Lipinski definition) is 4.